The molecule has 0 aromatic carbocycles. The van der Waals surface area contributed by atoms with Crippen LogP contribution in [-0.2, 0) is 18.4 Å². The summed E-state index contributed by atoms with van der Waals surface area (Å²) >= 11 is 0. The molecule has 10 heteroatoms. The number of aliphatic hydroxyl groups is 2. The third-order valence-electron chi connectivity index (χ3n) is 8.75. The van der Waals surface area contributed by atoms with E-state index in [1.807, 2.05) is 6.08 Å². The molecule has 0 saturated carbocycles. The predicted octanol–water partition coefficient (Wildman–Crippen LogP) is 9.75. The largest absolute Gasteiger partial charge is 0.472 e. The minimum Gasteiger partial charge on any atom is -0.393 e. The molecule has 0 bridgehead atoms. The first-order valence-corrected chi connectivity index (χ1v) is 21.7. The van der Waals surface area contributed by atoms with Gasteiger partial charge in [0.25, 0.3) is 0 Å². The van der Waals surface area contributed by atoms with Crippen molar-refractivity contribution in [2.75, 3.05) is 19.8 Å². The normalized spacial score (nSPS) is 15.2. The summed E-state index contributed by atoms with van der Waals surface area (Å²) in [6.07, 6.45) is 38.0. The molecule has 0 aliphatic carbocycles. The van der Waals surface area contributed by atoms with Gasteiger partial charge < -0.3 is 26.2 Å². The van der Waals surface area contributed by atoms with Crippen LogP contribution in [0, 0.1) is 0 Å². The smallest absolute Gasteiger partial charge is 0.393 e. The lowest BCUT2D eigenvalue weighted by Crippen LogP contribution is -2.46. The molecular weight excluding hydrogens is 651 g/mol. The van der Waals surface area contributed by atoms with Gasteiger partial charge in [-0.05, 0) is 44.9 Å². The highest BCUT2D eigenvalue weighted by atomic mass is 31.2. The van der Waals surface area contributed by atoms with Crippen molar-refractivity contribution in [1.82, 2.24) is 5.32 Å². The molecule has 0 saturated heterocycles. The summed E-state index contributed by atoms with van der Waals surface area (Å²) in [5.41, 5.74) is 5.35. The molecule has 294 valence electrons. The zero-order chi connectivity index (χ0) is 37.0. The highest BCUT2D eigenvalue weighted by Gasteiger charge is 2.27. The average molecular weight is 729 g/mol. The van der Waals surface area contributed by atoms with Crippen molar-refractivity contribution >= 4 is 13.7 Å². The summed E-state index contributed by atoms with van der Waals surface area (Å²) in [7, 11) is -4.40. The number of amides is 1. The van der Waals surface area contributed by atoms with E-state index in [0.29, 0.717) is 12.8 Å². The second-order valence-electron chi connectivity index (χ2n) is 13.7. The lowest BCUT2D eigenvalue weighted by Gasteiger charge is -2.24. The van der Waals surface area contributed by atoms with Gasteiger partial charge in [0.1, 0.15) is 0 Å². The third-order valence-corrected chi connectivity index (χ3v) is 9.74. The van der Waals surface area contributed by atoms with Gasteiger partial charge in [0.15, 0.2) is 0 Å². The number of allylic oxidation sites excluding steroid dienone is 5. The fourth-order valence-corrected chi connectivity index (χ4v) is 6.44. The number of carbonyl (C=O) groups is 1. The van der Waals surface area contributed by atoms with Gasteiger partial charge in [-0.25, -0.2) is 4.57 Å². The molecule has 0 aromatic rings. The van der Waals surface area contributed by atoms with Crippen LogP contribution >= 0.6 is 7.82 Å². The molecule has 4 unspecified atom stereocenters. The van der Waals surface area contributed by atoms with Crippen LogP contribution in [0.2, 0.25) is 0 Å². The van der Waals surface area contributed by atoms with E-state index in [4.69, 9.17) is 14.8 Å². The molecule has 6 N–H and O–H groups in total. The monoisotopic (exact) mass is 729 g/mol. The number of rotatable bonds is 37. The summed E-state index contributed by atoms with van der Waals surface area (Å²) in [6, 6.07) is -1.00. The Hall–Kier alpha value is -1.32. The number of nitrogens with two attached hydrogens (primary N) is 1. The summed E-state index contributed by atoms with van der Waals surface area (Å²) in [6.45, 7) is 3.91. The molecule has 1 amide bonds. The Balaban J connectivity index is 4.47. The molecule has 0 fully saturated rings. The van der Waals surface area contributed by atoms with E-state index >= 15 is 0 Å². The SMILES string of the molecule is CCCCCCC/C=C/CC/C=C/CC/C=C/C(O)C(COP(=O)(O)OCCN)NC(=O)CC(O)CCCCCCCCCCCCCCC. The van der Waals surface area contributed by atoms with Gasteiger partial charge in [-0.1, -0.05) is 159 Å². The minimum atomic E-state index is -4.40. The second-order valence-corrected chi connectivity index (χ2v) is 15.1. The number of aliphatic hydroxyl groups excluding tert-OH is 2. The van der Waals surface area contributed by atoms with Gasteiger partial charge in [0.2, 0.25) is 5.91 Å². The fraction of sp³-hybridized carbons (Fsp3) is 0.825. The Morgan fingerprint density at radius 3 is 1.66 bits per heavy atom. The Bertz CT molecular complexity index is 899. The van der Waals surface area contributed by atoms with Gasteiger partial charge in [-0.2, -0.15) is 0 Å². The first kappa shape index (κ1) is 48.7. The van der Waals surface area contributed by atoms with E-state index in [9.17, 15) is 24.5 Å². The highest BCUT2D eigenvalue weighted by Crippen LogP contribution is 2.43. The lowest BCUT2D eigenvalue weighted by atomic mass is 10.0. The molecular formula is C40H77N2O7P. The minimum absolute atomic E-state index is 0.0426. The Kier molecular flexibility index (Phi) is 35.1. The van der Waals surface area contributed by atoms with Crippen LogP contribution in [0.3, 0.4) is 0 Å². The van der Waals surface area contributed by atoms with Crippen molar-refractivity contribution in [2.45, 2.75) is 193 Å². The quantitative estimate of drug-likeness (QED) is 0.0241. The summed E-state index contributed by atoms with van der Waals surface area (Å²) in [5, 5.41) is 23.9. The first-order valence-electron chi connectivity index (χ1n) is 20.2. The van der Waals surface area contributed by atoms with Crippen LogP contribution in [0.25, 0.3) is 0 Å². The molecule has 0 heterocycles. The van der Waals surface area contributed by atoms with Crippen LogP contribution in [0.4, 0.5) is 0 Å². The number of phosphoric ester groups is 1. The van der Waals surface area contributed by atoms with Crippen molar-refractivity contribution in [1.29, 1.82) is 0 Å². The van der Waals surface area contributed by atoms with Crippen LogP contribution < -0.4 is 11.1 Å². The molecule has 0 aliphatic heterocycles. The van der Waals surface area contributed by atoms with Crippen molar-refractivity contribution in [3.8, 4) is 0 Å². The third kappa shape index (κ3) is 33.8. The van der Waals surface area contributed by atoms with Crippen molar-refractivity contribution in [3.05, 3.63) is 36.5 Å². The maximum absolute atomic E-state index is 12.8. The maximum atomic E-state index is 12.8. The highest BCUT2D eigenvalue weighted by molar-refractivity contribution is 7.47. The standard InChI is InChI=1S/C40H77N2O7P/c1-3-5-7-9-11-13-15-17-18-20-22-24-26-28-30-32-39(44)38(36-49-50(46,47)48-34-33-41)42-40(45)35-37(43)31-29-27-25-23-21-19-16-14-12-10-8-6-4-2/h15,17,22,24,30,32,37-39,43-44H,3-14,16,18-21,23,25-29,31,33-36,41H2,1-2H3,(H,42,45)(H,46,47)/b17-15+,24-22+,32-30+. The number of phosphoric acid groups is 1. The zero-order valence-electron chi connectivity index (χ0n) is 32.0. The van der Waals surface area contributed by atoms with Crippen LogP contribution in [-0.4, -0.2) is 59.0 Å². The molecule has 0 aliphatic rings. The summed E-state index contributed by atoms with van der Waals surface area (Å²) < 4.78 is 22.0. The molecule has 0 radical (unpaired) electrons. The number of carbonyl (C=O) groups excluding carboxylic acids is 1. The molecule has 0 spiro atoms. The predicted molar refractivity (Wildman–Crippen MR) is 209 cm³/mol. The van der Waals surface area contributed by atoms with E-state index in [1.54, 1.807) is 6.08 Å². The average Bonchev–Trinajstić information content (AvgIpc) is 3.09. The summed E-state index contributed by atoms with van der Waals surface area (Å²) in [5.74, 6) is -0.461. The van der Waals surface area contributed by atoms with Gasteiger partial charge in [-0.15, -0.1) is 0 Å². The lowest BCUT2D eigenvalue weighted by molar-refractivity contribution is -0.124. The molecule has 0 rings (SSSR count). The Morgan fingerprint density at radius 1 is 0.680 bits per heavy atom. The number of hydrogen-bond donors (Lipinski definition) is 5. The van der Waals surface area contributed by atoms with Gasteiger partial charge in [-0.3, -0.25) is 13.8 Å². The second kappa shape index (κ2) is 36.1. The first-order chi connectivity index (χ1) is 24.3. The van der Waals surface area contributed by atoms with Crippen LogP contribution in [0.1, 0.15) is 174 Å². The summed E-state index contributed by atoms with van der Waals surface area (Å²) in [4.78, 5) is 22.7. The van der Waals surface area contributed by atoms with E-state index in [1.165, 1.54) is 96.3 Å². The number of nitrogens with one attached hydrogen (secondary N) is 1. The van der Waals surface area contributed by atoms with Crippen molar-refractivity contribution < 1.29 is 33.5 Å². The molecule has 50 heavy (non-hydrogen) atoms. The van der Waals surface area contributed by atoms with Gasteiger partial charge in [0.05, 0.1) is 37.9 Å². The van der Waals surface area contributed by atoms with Crippen molar-refractivity contribution in [3.63, 3.8) is 0 Å². The maximum Gasteiger partial charge on any atom is 0.472 e. The molecule has 9 nitrogen and oxygen atoms in total. The van der Waals surface area contributed by atoms with Crippen molar-refractivity contribution in [2.24, 2.45) is 5.73 Å². The van der Waals surface area contributed by atoms with Gasteiger partial charge >= 0.3 is 7.82 Å². The van der Waals surface area contributed by atoms with E-state index < -0.39 is 38.6 Å². The molecule has 4 atom stereocenters. The van der Waals surface area contributed by atoms with E-state index in [-0.39, 0.29) is 19.6 Å². The number of hydrogen-bond acceptors (Lipinski definition) is 7. The fourth-order valence-electron chi connectivity index (χ4n) is 5.68. The van der Waals surface area contributed by atoms with Crippen LogP contribution in [0.15, 0.2) is 36.5 Å². The van der Waals surface area contributed by atoms with E-state index in [2.05, 4.69) is 43.5 Å². The van der Waals surface area contributed by atoms with Gasteiger partial charge in [0, 0.05) is 6.54 Å². The molecule has 0 aromatic heterocycles. The number of unbranched alkanes of at least 4 members (excludes halogenated alkanes) is 19. The zero-order valence-corrected chi connectivity index (χ0v) is 32.9. The Labute approximate surface area is 306 Å². The Morgan fingerprint density at radius 2 is 1.14 bits per heavy atom. The van der Waals surface area contributed by atoms with E-state index in [0.717, 1.165) is 44.9 Å². The topological polar surface area (TPSA) is 151 Å². The van der Waals surface area contributed by atoms with Crippen LogP contribution in [0.5, 0.6) is 0 Å².